The predicted molar refractivity (Wildman–Crippen MR) is 587 cm³/mol. The van der Waals surface area contributed by atoms with Gasteiger partial charge >= 0.3 is 0 Å². The number of H-pyrrole nitrogens is 5. The number of fused-ring (bicyclic) bond motifs is 10. The minimum atomic E-state index is -0.208. The second-order valence-electron chi connectivity index (χ2n) is 37.9. The number of imidazole rings is 5. The van der Waals surface area contributed by atoms with Crippen molar-refractivity contribution in [1.29, 1.82) is 0 Å². The van der Waals surface area contributed by atoms with E-state index in [4.69, 9.17) is 0 Å². The van der Waals surface area contributed by atoms with Gasteiger partial charge in [-0.15, -0.1) is 0 Å². The highest BCUT2D eigenvalue weighted by atomic mass is 16.1. The Labute approximate surface area is 852 Å². The van der Waals surface area contributed by atoms with E-state index in [1.807, 2.05) is 245 Å². The largest absolute Gasteiger partial charge is 0.360 e. The lowest BCUT2D eigenvalue weighted by Gasteiger charge is -2.33. The molecule has 2 aliphatic carbocycles. The molecule has 746 valence electrons. The summed E-state index contributed by atoms with van der Waals surface area (Å²) in [5, 5.41) is 26.0. The number of nitrogens with one attached hydrogen (secondary N) is 10. The van der Waals surface area contributed by atoms with Crippen LogP contribution in [0.3, 0.4) is 0 Å². The summed E-state index contributed by atoms with van der Waals surface area (Å²) in [5.74, 6) is 3.33. The molecule has 0 radical (unpaired) electrons. The molecular formula is C114H110N30O5. The Morgan fingerprint density at radius 2 is 0.544 bits per heavy atom. The number of benzene rings is 8. The zero-order valence-electron chi connectivity index (χ0n) is 84.1. The van der Waals surface area contributed by atoms with Crippen molar-refractivity contribution in [1.82, 2.24) is 123 Å². The molecule has 8 aromatic carbocycles. The van der Waals surface area contributed by atoms with Crippen molar-refractivity contribution in [3.8, 4) is 17.1 Å². The van der Waals surface area contributed by atoms with Crippen LogP contribution in [0, 0.1) is 41.5 Å². The van der Waals surface area contributed by atoms with E-state index in [0.29, 0.717) is 57.3 Å². The van der Waals surface area contributed by atoms with Crippen molar-refractivity contribution in [3.63, 3.8) is 0 Å². The maximum Gasteiger partial charge on any atom is 0.263 e. The quantitative estimate of drug-likeness (QED) is 0.0301. The lowest BCUT2D eigenvalue weighted by molar-refractivity contribution is 0.297. The lowest BCUT2D eigenvalue weighted by Crippen LogP contribution is -2.34. The molecule has 35 nitrogen and oxygen atoms in total. The zero-order chi connectivity index (χ0) is 103. The molecule has 2 aliphatic rings. The number of aromatic amines is 5. The Kier molecular flexibility index (Phi) is 27.1. The molecule has 0 amide bonds. The molecule has 2 fully saturated rings. The summed E-state index contributed by atoms with van der Waals surface area (Å²) in [6, 6.07) is 67.8. The van der Waals surface area contributed by atoms with Gasteiger partial charge in [0, 0.05) is 57.6 Å². The van der Waals surface area contributed by atoms with Crippen molar-refractivity contribution < 1.29 is 0 Å². The molecule has 15 aromatic heterocycles. The van der Waals surface area contributed by atoms with Gasteiger partial charge in [-0.05, 0) is 235 Å². The van der Waals surface area contributed by atoms with E-state index in [1.54, 1.807) is 40.8 Å². The Morgan fingerprint density at radius 1 is 0.282 bits per heavy atom. The molecule has 149 heavy (non-hydrogen) atoms. The third-order valence-electron chi connectivity index (χ3n) is 28.3. The summed E-state index contributed by atoms with van der Waals surface area (Å²) in [6.07, 6.45) is 23.6. The number of hydrogen-bond donors (Lipinski definition) is 10. The first-order valence-corrected chi connectivity index (χ1v) is 50.1. The first-order valence-electron chi connectivity index (χ1n) is 50.1. The molecule has 35 heteroatoms. The monoisotopic (exact) mass is 1980 g/mol. The highest BCUT2D eigenvalue weighted by Crippen LogP contribution is 2.40. The molecule has 23 aromatic rings. The Hall–Kier alpha value is -18.4. The summed E-state index contributed by atoms with van der Waals surface area (Å²) < 4.78 is 9.41. The van der Waals surface area contributed by atoms with Gasteiger partial charge in [-0.1, -0.05) is 159 Å². The van der Waals surface area contributed by atoms with E-state index >= 15 is 0 Å². The third-order valence-corrected chi connectivity index (χ3v) is 28.3. The average molecular weight is 1980 g/mol. The first kappa shape index (κ1) is 96.7. The highest BCUT2D eigenvalue weighted by Gasteiger charge is 2.32. The fourth-order valence-corrected chi connectivity index (χ4v) is 20.3. The second-order valence-corrected chi connectivity index (χ2v) is 37.9. The SMILES string of the molecule is CCC(Nc1ncnc2nc[nH]c12)c1cc2cccc(C)c2c(=O)n1-c1ccccc1.CCC(Nc1ncnc2nc[nH]c12)c1cc2cccc(C)c2c(=O)n1C1CCC1.Cc1ccc(-n2c(C(C)Nc3ncnc4nc[nH]c34)cc3cccc(C)c3c2=O)cc1.Cc1cccc2cc(C(C)Nc3ncnc4nc[nH]c34)n(-c3ccccc3)c(=O)c12.Cc1cccc2cc(C(C)Nc3ncnc4nc[nH]c34)n(C3CCC3)c(=O)c12. The van der Waals surface area contributed by atoms with E-state index in [-0.39, 0.29) is 70.1 Å². The zero-order valence-corrected chi connectivity index (χ0v) is 84.1. The maximum absolute atomic E-state index is 13.7. The summed E-state index contributed by atoms with van der Waals surface area (Å²) in [6.45, 7) is 22.3. The van der Waals surface area contributed by atoms with Crippen LogP contribution in [-0.2, 0) is 0 Å². The number of pyridine rings is 5. The van der Waals surface area contributed by atoms with Crippen LogP contribution >= 0.6 is 0 Å². The third kappa shape index (κ3) is 18.9. The van der Waals surface area contributed by atoms with E-state index in [1.165, 1.54) is 44.5 Å². The van der Waals surface area contributed by atoms with Crippen LogP contribution in [0.5, 0.6) is 0 Å². The minimum Gasteiger partial charge on any atom is -0.360 e. The number of hydrogen-bond acceptors (Lipinski definition) is 25. The molecular weight excluding hydrogens is 1870 g/mol. The van der Waals surface area contributed by atoms with Gasteiger partial charge < -0.3 is 60.6 Å². The van der Waals surface area contributed by atoms with Crippen LogP contribution in [0.15, 0.2) is 294 Å². The van der Waals surface area contributed by atoms with Crippen LogP contribution in [0.2, 0.25) is 0 Å². The Bertz CT molecular complexity index is 9280. The molecule has 0 aliphatic heterocycles. The molecule has 5 atom stereocenters. The summed E-state index contributed by atoms with van der Waals surface area (Å²) >= 11 is 0. The first-order chi connectivity index (χ1) is 72.6. The van der Waals surface area contributed by atoms with Gasteiger partial charge in [0.2, 0.25) is 0 Å². The predicted octanol–water partition coefficient (Wildman–Crippen LogP) is 21.3. The van der Waals surface area contributed by atoms with E-state index < -0.39 is 0 Å². The maximum atomic E-state index is 13.7. The standard InChI is InChI=1S/2C24H22N6O.C23H20N6O.C22H24N6O.C21H22N6O/c1-14-7-9-18(10-8-14)30-19(11-17-6-4-5-15(2)20(17)24(30)31)16(3)29-23-21-22(26-12-25-21)27-13-28-23;1-3-18(29-23-21-22(26-13-25-21)27-14-28-23)19-12-16-9-7-8-15(2)20(16)24(31)30(19)17-10-5-4-6-11-17;1-14-7-6-8-16-11-18(29(23(30)19(14)16)17-9-4-3-5-10-17)15(2)28-22-20-21(25-12-24-20)26-13-27-22;1-3-16(27-21-19-20(24-11-23-19)25-12-26-21)17-10-14-7-4-6-13(2)18(14)22(29)28(17)15-8-5-9-15;1-12-5-3-6-14-9-16(27(15-7-4-8-15)21(28)17(12)14)13(2)26-20-18-19(23-10-22-18)24-11-25-20/h4-13,16H,1-3H3,(H2,25,26,27,28,29);4-14,18H,3H2,1-2H3,(H2,25,26,27,28,29);3-13,15H,1-2H3,(H2,24,25,26,27,28);4,6-7,10-12,15-16H,3,5,8-9H2,1-2H3,(H2,23,24,25,26,27);3,5-6,9-11,13,15H,4,7-8H2,1-2H3,(H2,22,23,24,25,26). The van der Waals surface area contributed by atoms with E-state index in [0.717, 1.165) is 199 Å². The van der Waals surface area contributed by atoms with Gasteiger partial charge in [0.1, 0.15) is 59.2 Å². The van der Waals surface area contributed by atoms with Gasteiger partial charge in [-0.25, -0.2) is 74.8 Å². The normalized spacial score (nSPS) is 13.6. The Balaban J connectivity index is 0.000000109. The van der Waals surface area contributed by atoms with Crippen LogP contribution in [-0.4, -0.2) is 123 Å². The van der Waals surface area contributed by atoms with E-state index in [9.17, 15) is 24.0 Å². The van der Waals surface area contributed by atoms with Crippen molar-refractivity contribution in [3.05, 3.63) is 383 Å². The fraction of sp³-hybridized carbons (Fsp3) is 0.228. The van der Waals surface area contributed by atoms with Gasteiger partial charge in [0.05, 0.1) is 88.8 Å². The van der Waals surface area contributed by atoms with Crippen molar-refractivity contribution in [2.45, 2.75) is 170 Å². The Morgan fingerprint density at radius 3 is 0.852 bits per heavy atom. The van der Waals surface area contributed by atoms with Gasteiger partial charge in [0.15, 0.2) is 57.3 Å². The number of rotatable bonds is 22. The molecule has 10 N–H and O–H groups in total. The minimum absolute atomic E-state index is 0.0218. The second kappa shape index (κ2) is 41.7. The highest BCUT2D eigenvalue weighted by molar-refractivity contribution is 5.92. The lowest BCUT2D eigenvalue weighted by atomic mass is 9.91. The van der Waals surface area contributed by atoms with Crippen LogP contribution in [0.4, 0.5) is 29.1 Å². The van der Waals surface area contributed by atoms with Crippen LogP contribution < -0.4 is 54.4 Å². The number of anilines is 5. The van der Waals surface area contributed by atoms with Crippen LogP contribution in [0.25, 0.3) is 127 Å². The van der Waals surface area contributed by atoms with Gasteiger partial charge in [-0.3, -0.25) is 37.7 Å². The van der Waals surface area contributed by atoms with Crippen molar-refractivity contribution in [2.75, 3.05) is 26.6 Å². The molecule has 0 bridgehead atoms. The summed E-state index contributed by atoms with van der Waals surface area (Å²) in [7, 11) is 0. The number of aromatic nitrogens is 25. The average Bonchev–Trinajstić information content (AvgIpc) is 0.940. The number of nitrogens with zero attached hydrogens (tertiary/aromatic N) is 20. The van der Waals surface area contributed by atoms with Crippen LogP contribution in [0.1, 0.15) is 190 Å². The molecule has 5 unspecified atom stereocenters. The topological polar surface area (TPSA) is 442 Å². The summed E-state index contributed by atoms with van der Waals surface area (Å²) in [4.78, 5) is 147. The smallest absolute Gasteiger partial charge is 0.263 e. The summed E-state index contributed by atoms with van der Waals surface area (Å²) in [5.41, 5.74) is 20.1. The number of para-hydroxylation sites is 2. The number of aryl methyl sites for hydroxylation is 6. The van der Waals surface area contributed by atoms with Gasteiger partial charge in [0.25, 0.3) is 27.8 Å². The van der Waals surface area contributed by atoms with E-state index in [2.05, 4.69) is 177 Å². The molecule has 25 rings (SSSR count). The van der Waals surface area contributed by atoms with Crippen molar-refractivity contribution >= 4 is 139 Å². The van der Waals surface area contributed by atoms with Crippen molar-refractivity contribution in [2.24, 2.45) is 0 Å². The van der Waals surface area contributed by atoms with Gasteiger partial charge in [-0.2, -0.15) is 0 Å². The molecule has 2 saturated carbocycles. The fourth-order valence-electron chi connectivity index (χ4n) is 20.3. The molecule has 0 saturated heterocycles. The molecule has 15 heterocycles. The molecule has 0 spiro atoms.